The first-order chi connectivity index (χ1) is 14.4. The number of hydrogen-bond acceptors (Lipinski definition) is 5. The maximum atomic E-state index is 11.8. The van der Waals surface area contributed by atoms with Crippen LogP contribution in [0, 0.1) is 12.8 Å². The lowest BCUT2D eigenvalue weighted by Crippen LogP contribution is -2.34. The third kappa shape index (κ3) is 4.41. The molecule has 3 N–H and O–H groups in total. The van der Waals surface area contributed by atoms with Crippen molar-refractivity contribution in [2.75, 3.05) is 25.4 Å². The molecule has 0 spiro atoms. The highest BCUT2D eigenvalue weighted by Crippen LogP contribution is 2.44. The summed E-state index contributed by atoms with van der Waals surface area (Å²) >= 11 is 6.30. The largest absolute Gasteiger partial charge is 0.481 e. The number of likely N-dealkylation sites (tertiary alicyclic amines) is 1. The number of aliphatic carboxylic acids is 1. The van der Waals surface area contributed by atoms with E-state index < -0.39 is 11.9 Å². The Bertz CT molecular complexity index is 924. The van der Waals surface area contributed by atoms with Crippen LogP contribution in [-0.2, 0) is 22.6 Å². The monoisotopic (exact) mass is 430 g/mol. The van der Waals surface area contributed by atoms with E-state index in [1.807, 2.05) is 0 Å². The number of carbonyl (C=O) groups is 1. The summed E-state index contributed by atoms with van der Waals surface area (Å²) in [6.07, 6.45) is 2.86. The van der Waals surface area contributed by atoms with Crippen LogP contribution < -0.4 is 10.6 Å². The number of halogens is 1. The van der Waals surface area contributed by atoms with Crippen molar-refractivity contribution < 1.29 is 19.7 Å². The fraction of sp³-hybridized carbons (Fsp3) is 0.435. The maximum absolute atomic E-state index is 11.8. The Kier molecular flexibility index (Phi) is 6.18. The summed E-state index contributed by atoms with van der Waals surface area (Å²) in [5.74, 6) is -1.03. The number of aryl methyl sites for hydroxylation is 1. The number of nitrogen functional groups attached to an aromatic ring is 1. The van der Waals surface area contributed by atoms with E-state index in [0.717, 1.165) is 44.5 Å². The van der Waals surface area contributed by atoms with Crippen LogP contribution in [0.1, 0.15) is 41.0 Å². The highest BCUT2D eigenvalue weighted by molar-refractivity contribution is 6.33. The lowest BCUT2D eigenvalue weighted by molar-refractivity contribution is -0.222. The number of rotatable bonds is 5. The van der Waals surface area contributed by atoms with Crippen molar-refractivity contribution in [3.63, 3.8) is 0 Å². The third-order valence-electron chi connectivity index (χ3n) is 6.16. The van der Waals surface area contributed by atoms with E-state index in [1.165, 1.54) is 11.1 Å². The topological polar surface area (TPSA) is 85.0 Å². The standard InChI is InChI=1S/C23H27ClN2O4/c1-14-2-4-16(5-3-14)12-26-8-6-15(7-9-26)10-17-11-19(24)21(25)22-20(17)18(23(27)28)13-29-30-22/h2-5,11,15,18H,6-10,12-13,25H2,1H3,(H,27,28). The Morgan fingerprint density at radius 2 is 1.97 bits per heavy atom. The number of piperidine rings is 1. The minimum Gasteiger partial charge on any atom is -0.481 e. The van der Waals surface area contributed by atoms with E-state index in [0.29, 0.717) is 16.5 Å². The summed E-state index contributed by atoms with van der Waals surface area (Å²) in [6.45, 7) is 5.06. The van der Waals surface area contributed by atoms with Gasteiger partial charge in [0.25, 0.3) is 0 Å². The molecule has 2 heterocycles. The number of benzene rings is 2. The van der Waals surface area contributed by atoms with Crippen molar-refractivity contribution >= 4 is 23.3 Å². The molecule has 2 aliphatic heterocycles. The SMILES string of the molecule is Cc1ccc(CN2CCC(Cc3cc(Cl)c(N)c4c3C(C(=O)O)COO4)CC2)cc1. The van der Waals surface area contributed by atoms with Crippen LogP contribution in [0.25, 0.3) is 0 Å². The Labute approximate surface area is 181 Å². The van der Waals surface area contributed by atoms with Crippen LogP contribution in [0.3, 0.4) is 0 Å². The van der Waals surface area contributed by atoms with Crippen molar-refractivity contribution in [1.29, 1.82) is 0 Å². The van der Waals surface area contributed by atoms with E-state index >= 15 is 0 Å². The molecule has 1 atom stereocenters. The molecule has 6 nitrogen and oxygen atoms in total. The predicted octanol–water partition coefficient (Wildman–Crippen LogP) is 4.18. The Morgan fingerprint density at radius 3 is 2.63 bits per heavy atom. The molecule has 2 aromatic carbocycles. The van der Waals surface area contributed by atoms with E-state index in [1.54, 1.807) is 6.07 Å². The summed E-state index contributed by atoms with van der Waals surface area (Å²) < 4.78 is 0. The van der Waals surface area contributed by atoms with Gasteiger partial charge in [-0.2, -0.15) is 4.89 Å². The van der Waals surface area contributed by atoms with E-state index in [-0.39, 0.29) is 18.0 Å². The van der Waals surface area contributed by atoms with Gasteiger partial charge in [0.05, 0.1) is 10.7 Å². The first-order valence-electron chi connectivity index (χ1n) is 10.3. The fourth-order valence-corrected chi connectivity index (χ4v) is 4.62. The van der Waals surface area contributed by atoms with Gasteiger partial charge in [0.1, 0.15) is 12.5 Å². The van der Waals surface area contributed by atoms with Gasteiger partial charge < -0.3 is 15.7 Å². The average Bonchev–Trinajstić information content (AvgIpc) is 2.74. The van der Waals surface area contributed by atoms with Gasteiger partial charge in [0.15, 0.2) is 5.75 Å². The first-order valence-corrected chi connectivity index (χ1v) is 10.7. The molecule has 0 saturated carbocycles. The highest BCUT2D eigenvalue weighted by Gasteiger charge is 2.35. The van der Waals surface area contributed by atoms with Crippen LogP contribution >= 0.6 is 11.6 Å². The molecule has 1 saturated heterocycles. The molecule has 0 radical (unpaired) electrons. The minimum absolute atomic E-state index is 0.0363. The molecule has 0 bridgehead atoms. The zero-order valence-corrected chi connectivity index (χ0v) is 17.8. The molecule has 2 aromatic rings. The van der Waals surface area contributed by atoms with Crippen molar-refractivity contribution in [2.45, 2.75) is 38.6 Å². The third-order valence-corrected chi connectivity index (χ3v) is 6.47. The van der Waals surface area contributed by atoms with Crippen LogP contribution in [0.2, 0.25) is 5.02 Å². The normalized spacial score (nSPS) is 19.9. The minimum atomic E-state index is -0.949. The number of hydrogen-bond donors (Lipinski definition) is 2. The van der Waals surface area contributed by atoms with Gasteiger partial charge in [-0.05, 0) is 62.4 Å². The zero-order valence-electron chi connectivity index (χ0n) is 17.1. The first kappa shape index (κ1) is 21.0. The molecule has 160 valence electrons. The smallest absolute Gasteiger partial charge is 0.313 e. The van der Waals surface area contributed by atoms with Crippen molar-refractivity contribution in [1.82, 2.24) is 4.90 Å². The maximum Gasteiger partial charge on any atom is 0.313 e. The molecule has 1 fully saturated rings. The molecule has 2 aliphatic rings. The lowest BCUT2D eigenvalue weighted by atomic mass is 9.84. The summed E-state index contributed by atoms with van der Waals surface area (Å²) in [7, 11) is 0. The Balaban J connectivity index is 1.46. The second-order valence-corrected chi connectivity index (χ2v) is 8.75. The molecule has 4 rings (SSSR count). The lowest BCUT2D eigenvalue weighted by Gasteiger charge is -2.33. The molecule has 1 unspecified atom stereocenters. The molecule has 30 heavy (non-hydrogen) atoms. The molecule has 0 aliphatic carbocycles. The van der Waals surface area contributed by atoms with Crippen LogP contribution in [-0.4, -0.2) is 35.7 Å². The van der Waals surface area contributed by atoms with E-state index in [9.17, 15) is 9.90 Å². The molecular weight excluding hydrogens is 404 g/mol. The molecule has 0 aromatic heterocycles. The summed E-state index contributed by atoms with van der Waals surface area (Å²) in [5.41, 5.74) is 10.4. The van der Waals surface area contributed by atoms with Crippen molar-refractivity contribution in [3.05, 3.63) is 57.6 Å². The van der Waals surface area contributed by atoms with Gasteiger partial charge in [-0.15, -0.1) is 0 Å². The Hall–Kier alpha value is -2.28. The van der Waals surface area contributed by atoms with Gasteiger partial charge in [-0.25, -0.2) is 0 Å². The number of fused-ring (bicyclic) bond motifs is 1. The number of nitrogens with two attached hydrogens (primary N) is 1. The van der Waals surface area contributed by atoms with E-state index in [2.05, 4.69) is 36.1 Å². The summed E-state index contributed by atoms with van der Waals surface area (Å²) in [4.78, 5) is 24.5. The number of carboxylic acid groups (broad SMARTS) is 1. The second kappa shape index (κ2) is 8.84. The number of nitrogens with zero attached hydrogens (tertiary/aromatic N) is 1. The van der Waals surface area contributed by atoms with Crippen LogP contribution in [0.4, 0.5) is 5.69 Å². The highest BCUT2D eigenvalue weighted by atomic mass is 35.5. The van der Waals surface area contributed by atoms with Crippen molar-refractivity contribution in [3.8, 4) is 5.75 Å². The van der Waals surface area contributed by atoms with Gasteiger partial charge in [0.2, 0.25) is 0 Å². The average molecular weight is 431 g/mol. The van der Waals surface area contributed by atoms with E-state index in [4.69, 9.17) is 27.1 Å². The van der Waals surface area contributed by atoms with Crippen molar-refractivity contribution in [2.24, 2.45) is 5.92 Å². The zero-order chi connectivity index (χ0) is 21.3. The van der Waals surface area contributed by atoms with Gasteiger partial charge in [-0.1, -0.05) is 41.4 Å². The summed E-state index contributed by atoms with van der Waals surface area (Å²) in [6, 6.07) is 10.5. The van der Waals surface area contributed by atoms with Gasteiger partial charge in [0, 0.05) is 12.1 Å². The van der Waals surface area contributed by atoms with Gasteiger partial charge >= 0.3 is 5.97 Å². The van der Waals surface area contributed by atoms with Gasteiger partial charge in [-0.3, -0.25) is 9.69 Å². The Morgan fingerprint density at radius 1 is 1.27 bits per heavy atom. The predicted molar refractivity (Wildman–Crippen MR) is 116 cm³/mol. The number of anilines is 1. The van der Waals surface area contributed by atoms with Crippen LogP contribution in [0.5, 0.6) is 5.75 Å². The molecule has 0 amide bonds. The fourth-order valence-electron chi connectivity index (χ4n) is 4.40. The number of carboxylic acids is 1. The second-order valence-electron chi connectivity index (χ2n) is 8.34. The van der Waals surface area contributed by atoms with Crippen LogP contribution in [0.15, 0.2) is 30.3 Å². The summed E-state index contributed by atoms with van der Waals surface area (Å²) in [5, 5.41) is 10.0. The molecular formula is C23H27ClN2O4. The quantitative estimate of drug-likeness (QED) is 0.546. The molecule has 7 heteroatoms.